The SMILES string of the molecule is CCCCCCCCCCCCCO.CCS(=O)(=O)O.[NaH]. The average molecular weight is 334 g/mol. The summed E-state index contributed by atoms with van der Waals surface area (Å²) in [5, 5.41) is 8.59. The van der Waals surface area contributed by atoms with E-state index < -0.39 is 10.1 Å². The number of hydrogen-bond acceptors (Lipinski definition) is 3. The van der Waals surface area contributed by atoms with Gasteiger partial charge in [-0.2, -0.15) is 8.42 Å². The molecule has 0 aromatic rings. The number of aliphatic hydroxyl groups is 1. The second-order valence-corrected chi connectivity index (χ2v) is 6.87. The van der Waals surface area contributed by atoms with Crippen molar-refractivity contribution in [1.29, 1.82) is 0 Å². The predicted octanol–water partition coefficient (Wildman–Crippen LogP) is 3.54. The maximum atomic E-state index is 9.56. The molecule has 0 heterocycles. The summed E-state index contributed by atoms with van der Waals surface area (Å²) < 4.78 is 26.9. The average Bonchev–Trinajstić information content (AvgIpc) is 2.41. The van der Waals surface area contributed by atoms with E-state index >= 15 is 0 Å². The van der Waals surface area contributed by atoms with Crippen molar-refractivity contribution >= 4 is 39.7 Å². The van der Waals surface area contributed by atoms with E-state index in [0.717, 1.165) is 6.42 Å². The summed E-state index contributed by atoms with van der Waals surface area (Å²) in [5.41, 5.74) is 0. The van der Waals surface area contributed by atoms with Gasteiger partial charge in [0.15, 0.2) is 0 Å². The summed E-state index contributed by atoms with van der Waals surface area (Å²) in [6.45, 7) is 4.01. The molecule has 126 valence electrons. The van der Waals surface area contributed by atoms with Crippen molar-refractivity contribution in [3.8, 4) is 0 Å². The molecule has 4 nitrogen and oxygen atoms in total. The molecule has 0 aliphatic rings. The summed E-state index contributed by atoms with van der Waals surface area (Å²) in [6, 6.07) is 0. The van der Waals surface area contributed by atoms with Crippen LogP contribution in [-0.2, 0) is 10.1 Å². The van der Waals surface area contributed by atoms with E-state index in [1.807, 2.05) is 0 Å². The first-order valence-corrected chi connectivity index (χ1v) is 9.64. The van der Waals surface area contributed by atoms with Gasteiger partial charge in [-0.15, -0.1) is 0 Å². The van der Waals surface area contributed by atoms with E-state index in [-0.39, 0.29) is 35.3 Å². The van der Waals surface area contributed by atoms with E-state index in [9.17, 15) is 8.42 Å². The molecule has 2 N–H and O–H groups in total. The zero-order valence-electron chi connectivity index (χ0n) is 13.3. The first kappa shape index (κ1) is 26.8. The van der Waals surface area contributed by atoms with Crippen LogP contribution >= 0.6 is 0 Å². The van der Waals surface area contributed by atoms with Crippen LogP contribution in [0, 0.1) is 0 Å². The fourth-order valence-electron chi connectivity index (χ4n) is 1.78. The van der Waals surface area contributed by atoms with Crippen LogP contribution in [0.25, 0.3) is 0 Å². The van der Waals surface area contributed by atoms with Gasteiger partial charge in [0.25, 0.3) is 10.1 Å². The van der Waals surface area contributed by atoms with Crippen LogP contribution in [0.5, 0.6) is 0 Å². The molecular formula is C15H35NaO4S. The van der Waals surface area contributed by atoms with Crippen molar-refractivity contribution in [2.45, 2.75) is 84.5 Å². The molecule has 0 fully saturated rings. The monoisotopic (exact) mass is 334 g/mol. The Labute approximate surface area is 154 Å². The van der Waals surface area contributed by atoms with Crippen molar-refractivity contribution in [2.24, 2.45) is 0 Å². The van der Waals surface area contributed by atoms with E-state index in [2.05, 4.69) is 6.92 Å². The van der Waals surface area contributed by atoms with Crippen molar-refractivity contribution in [3.05, 3.63) is 0 Å². The molecule has 0 radical (unpaired) electrons. The van der Waals surface area contributed by atoms with Crippen LogP contribution in [0.3, 0.4) is 0 Å². The van der Waals surface area contributed by atoms with Crippen LogP contribution in [-0.4, -0.2) is 60.0 Å². The molecule has 0 aliphatic heterocycles. The van der Waals surface area contributed by atoms with Crippen molar-refractivity contribution < 1.29 is 18.1 Å². The Morgan fingerprint density at radius 1 is 0.714 bits per heavy atom. The van der Waals surface area contributed by atoms with Crippen molar-refractivity contribution in [3.63, 3.8) is 0 Å². The Bertz CT molecular complexity index is 257. The van der Waals surface area contributed by atoms with Gasteiger partial charge in [0.05, 0.1) is 5.75 Å². The van der Waals surface area contributed by atoms with Gasteiger partial charge in [-0.3, -0.25) is 4.55 Å². The number of unbranched alkanes of at least 4 members (excludes halogenated alkanes) is 10. The second-order valence-electron chi connectivity index (χ2n) is 5.13. The van der Waals surface area contributed by atoms with Crippen LogP contribution in [0.2, 0.25) is 0 Å². The number of rotatable bonds is 12. The van der Waals surface area contributed by atoms with Crippen molar-refractivity contribution in [2.75, 3.05) is 12.4 Å². The Morgan fingerprint density at radius 2 is 1.00 bits per heavy atom. The third kappa shape index (κ3) is 33.6. The van der Waals surface area contributed by atoms with Gasteiger partial charge in [0, 0.05) is 6.61 Å². The third-order valence-electron chi connectivity index (χ3n) is 3.13. The van der Waals surface area contributed by atoms with Crippen LogP contribution in [0.4, 0.5) is 0 Å². The van der Waals surface area contributed by atoms with Gasteiger partial charge in [0.2, 0.25) is 0 Å². The maximum absolute atomic E-state index is 9.56. The van der Waals surface area contributed by atoms with Gasteiger partial charge in [-0.1, -0.05) is 71.1 Å². The molecule has 0 rings (SSSR count). The molecule has 0 spiro atoms. The molecular weight excluding hydrogens is 299 g/mol. The molecule has 21 heavy (non-hydrogen) atoms. The van der Waals surface area contributed by atoms with Crippen LogP contribution in [0.1, 0.15) is 84.5 Å². The quantitative estimate of drug-likeness (QED) is 0.325. The first-order valence-electron chi connectivity index (χ1n) is 8.04. The van der Waals surface area contributed by atoms with E-state index in [0.29, 0.717) is 6.61 Å². The minimum absolute atomic E-state index is 0. The standard InChI is InChI=1S/C13H28O.C2H6O3S.Na.H/c1-2-3-4-5-6-7-8-9-10-11-12-13-14;1-2-6(3,4)5;;/h14H,2-13H2,1H3;2H2,1H3,(H,3,4,5);;. The zero-order chi connectivity index (χ0) is 15.7. The third-order valence-corrected chi connectivity index (χ3v) is 3.86. The van der Waals surface area contributed by atoms with Gasteiger partial charge < -0.3 is 5.11 Å². The number of hydrogen-bond donors (Lipinski definition) is 2. The van der Waals surface area contributed by atoms with E-state index in [1.165, 1.54) is 71.1 Å². The minimum atomic E-state index is -3.66. The van der Waals surface area contributed by atoms with E-state index in [1.54, 1.807) is 0 Å². The van der Waals surface area contributed by atoms with Gasteiger partial charge in [-0.05, 0) is 13.3 Å². The van der Waals surface area contributed by atoms with Gasteiger partial charge in [0.1, 0.15) is 0 Å². The van der Waals surface area contributed by atoms with Gasteiger partial charge in [-0.25, -0.2) is 0 Å². The molecule has 0 saturated heterocycles. The fourth-order valence-corrected chi connectivity index (χ4v) is 1.78. The normalized spacial score (nSPS) is 10.5. The Kier molecular flexibility index (Phi) is 26.6. The summed E-state index contributed by atoms with van der Waals surface area (Å²) in [5.74, 6) is -0.201. The van der Waals surface area contributed by atoms with E-state index in [4.69, 9.17) is 9.66 Å². The zero-order valence-corrected chi connectivity index (χ0v) is 14.1. The second kappa shape index (κ2) is 20.9. The molecule has 0 saturated carbocycles. The molecule has 6 heteroatoms. The summed E-state index contributed by atoms with van der Waals surface area (Å²) >= 11 is 0. The molecule has 0 unspecified atom stereocenters. The molecule has 0 atom stereocenters. The fraction of sp³-hybridized carbons (Fsp3) is 1.00. The van der Waals surface area contributed by atoms with Gasteiger partial charge >= 0.3 is 29.6 Å². The molecule has 0 bridgehead atoms. The summed E-state index contributed by atoms with van der Waals surface area (Å²) in [6.07, 6.45) is 14.8. The number of aliphatic hydroxyl groups excluding tert-OH is 1. The molecule has 0 amide bonds. The summed E-state index contributed by atoms with van der Waals surface area (Å²) in [4.78, 5) is 0. The topological polar surface area (TPSA) is 74.6 Å². The molecule has 0 aromatic heterocycles. The molecule has 0 aromatic carbocycles. The first-order chi connectivity index (χ1) is 9.47. The Hall–Kier alpha value is 0.870. The van der Waals surface area contributed by atoms with Crippen LogP contribution < -0.4 is 0 Å². The van der Waals surface area contributed by atoms with Crippen molar-refractivity contribution in [1.82, 2.24) is 0 Å². The predicted molar refractivity (Wildman–Crippen MR) is 92.8 cm³/mol. The van der Waals surface area contributed by atoms with Crippen LogP contribution in [0.15, 0.2) is 0 Å². The molecule has 0 aliphatic carbocycles. The Balaban J connectivity index is -0.000000394. The Morgan fingerprint density at radius 3 is 1.24 bits per heavy atom. The summed E-state index contributed by atoms with van der Waals surface area (Å²) in [7, 11) is -3.66.